The van der Waals surface area contributed by atoms with E-state index >= 15 is 0 Å². The molecule has 7 heteroatoms. The quantitative estimate of drug-likeness (QED) is 0.542. The summed E-state index contributed by atoms with van der Waals surface area (Å²) in [4.78, 5) is 14.9. The lowest BCUT2D eigenvalue weighted by atomic mass is 10.1. The molecule has 0 N–H and O–H groups in total. The number of ether oxygens (including phenoxy) is 1. The maximum atomic E-state index is 13.1. The molecule has 31 heavy (non-hydrogen) atoms. The van der Waals surface area contributed by atoms with Crippen LogP contribution < -0.4 is 13.9 Å². The SMILES string of the molecule is COc1ccccc1N(C)S(=O)(=O)c1ccc(C(=O)N(c2ccccc2)C(C)C)cc1. The first-order chi connectivity index (χ1) is 14.8. The second-order valence-corrected chi connectivity index (χ2v) is 9.24. The first-order valence-corrected chi connectivity index (χ1v) is 11.3. The van der Waals surface area contributed by atoms with Gasteiger partial charge in [0.2, 0.25) is 0 Å². The highest BCUT2D eigenvalue weighted by Crippen LogP contribution is 2.31. The lowest BCUT2D eigenvalue weighted by Gasteiger charge is -2.27. The lowest BCUT2D eigenvalue weighted by molar-refractivity contribution is 0.0980. The van der Waals surface area contributed by atoms with Crippen molar-refractivity contribution in [3.05, 3.63) is 84.4 Å². The van der Waals surface area contributed by atoms with Gasteiger partial charge in [-0.25, -0.2) is 8.42 Å². The van der Waals surface area contributed by atoms with Crippen molar-refractivity contribution in [3.8, 4) is 5.75 Å². The van der Waals surface area contributed by atoms with Gasteiger partial charge in [-0.2, -0.15) is 0 Å². The average Bonchev–Trinajstić information content (AvgIpc) is 2.79. The van der Waals surface area contributed by atoms with Crippen LogP contribution in [0, 0.1) is 0 Å². The Morgan fingerprint density at radius 3 is 2.03 bits per heavy atom. The van der Waals surface area contributed by atoms with E-state index in [1.807, 2.05) is 44.2 Å². The Bertz CT molecular complexity index is 1140. The number of rotatable bonds is 7. The van der Waals surface area contributed by atoms with Crippen molar-refractivity contribution in [2.24, 2.45) is 0 Å². The largest absolute Gasteiger partial charge is 0.495 e. The molecule has 0 aliphatic rings. The summed E-state index contributed by atoms with van der Waals surface area (Å²) in [7, 11) is -0.860. The van der Waals surface area contributed by atoms with E-state index in [1.54, 1.807) is 41.3 Å². The molecule has 1 amide bonds. The van der Waals surface area contributed by atoms with Crippen LogP contribution in [-0.4, -0.2) is 34.5 Å². The predicted octanol–water partition coefficient (Wildman–Crippen LogP) is 4.58. The summed E-state index contributed by atoms with van der Waals surface area (Å²) in [6.07, 6.45) is 0. The minimum atomic E-state index is -3.83. The molecular weight excluding hydrogens is 412 g/mol. The van der Waals surface area contributed by atoms with Gasteiger partial charge in [0.05, 0.1) is 17.7 Å². The monoisotopic (exact) mass is 438 g/mol. The number of benzene rings is 3. The number of anilines is 2. The van der Waals surface area contributed by atoms with Gasteiger partial charge >= 0.3 is 0 Å². The summed E-state index contributed by atoms with van der Waals surface area (Å²) in [5, 5.41) is 0. The molecule has 0 unspecified atom stereocenters. The molecule has 3 aromatic rings. The number of hydrogen-bond donors (Lipinski definition) is 0. The molecule has 0 aromatic heterocycles. The summed E-state index contributed by atoms with van der Waals surface area (Å²) in [5.74, 6) is 0.263. The molecule has 162 valence electrons. The van der Waals surface area contributed by atoms with Crippen molar-refractivity contribution in [1.82, 2.24) is 0 Å². The smallest absolute Gasteiger partial charge is 0.264 e. The van der Waals surface area contributed by atoms with E-state index in [-0.39, 0.29) is 16.8 Å². The zero-order chi connectivity index (χ0) is 22.6. The van der Waals surface area contributed by atoms with Crippen LogP contribution in [0.3, 0.4) is 0 Å². The molecule has 0 atom stereocenters. The fourth-order valence-electron chi connectivity index (χ4n) is 3.32. The molecule has 3 rings (SSSR count). The van der Waals surface area contributed by atoms with Crippen molar-refractivity contribution in [2.75, 3.05) is 23.4 Å². The Hall–Kier alpha value is -3.32. The van der Waals surface area contributed by atoms with Crippen LogP contribution in [0.25, 0.3) is 0 Å². The van der Waals surface area contributed by atoms with Crippen LogP contribution in [0.4, 0.5) is 11.4 Å². The average molecular weight is 439 g/mol. The molecule has 0 saturated carbocycles. The molecule has 6 nitrogen and oxygen atoms in total. The molecule has 0 fully saturated rings. The van der Waals surface area contributed by atoms with Crippen LogP contribution >= 0.6 is 0 Å². The van der Waals surface area contributed by atoms with Crippen LogP contribution in [0.2, 0.25) is 0 Å². The Morgan fingerprint density at radius 1 is 0.871 bits per heavy atom. The summed E-state index contributed by atoms with van der Waals surface area (Å²) in [5.41, 5.74) is 1.63. The Labute approximate surface area is 183 Å². The van der Waals surface area contributed by atoms with Crippen molar-refractivity contribution in [2.45, 2.75) is 24.8 Å². The number of para-hydroxylation sites is 3. The second kappa shape index (κ2) is 9.22. The number of methoxy groups -OCH3 is 1. The molecule has 0 aliphatic heterocycles. The molecule has 0 spiro atoms. The van der Waals surface area contributed by atoms with Crippen molar-refractivity contribution in [1.29, 1.82) is 0 Å². The zero-order valence-electron chi connectivity index (χ0n) is 18.0. The summed E-state index contributed by atoms with van der Waals surface area (Å²) in [6.45, 7) is 3.87. The third-order valence-corrected chi connectivity index (χ3v) is 6.74. The Balaban J connectivity index is 1.90. The Kier molecular flexibility index (Phi) is 6.65. The van der Waals surface area contributed by atoms with Gasteiger partial charge < -0.3 is 9.64 Å². The molecule has 0 aliphatic carbocycles. The van der Waals surface area contributed by atoms with Gasteiger partial charge in [-0.3, -0.25) is 9.10 Å². The maximum Gasteiger partial charge on any atom is 0.264 e. The van der Waals surface area contributed by atoms with Gasteiger partial charge in [-0.15, -0.1) is 0 Å². The van der Waals surface area contributed by atoms with Gasteiger partial charge in [0.1, 0.15) is 5.75 Å². The van der Waals surface area contributed by atoms with Crippen LogP contribution in [0.5, 0.6) is 5.75 Å². The minimum Gasteiger partial charge on any atom is -0.495 e. The van der Waals surface area contributed by atoms with Gasteiger partial charge in [0.15, 0.2) is 0 Å². The van der Waals surface area contributed by atoms with Gasteiger partial charge in [0, 0.05) is 24.3 Å². The van der Waals surface area contributed by atoms with E-state index in [4.69, 9.17) is 4.74 Å². The summed E-state index contributed by atoms with van der Waals surface area (Å²) < 4.78 is 32.7. The van der Waals surface area contributed by atoms with Crippen molar-refractivity contribution in [3.63, 3.8) is 0 Å². The van der Waals surface area contributed by atoms with Crippen LogP contribution in [-0.2, 0) is 10.0 Å². The van der Waals surface area contributed by atoms with E-state index in [0.717, 1.165) is 5.69 Å². The molecule has 3 aromatic carbocycles. The van der Waals surface area contributed by atoms with Gasteiger partial charge in [-0.1, -0.05) is 30.3 Å². The highest BCUT2D eigenvalue weighted by Gasteiger charge is 2.25. The highest BCUT2D eigenvalue weighted by atomic mass is 32.2. The number of carbonyl (C=O) groups is 1. The van der Waals surface area contributed by atoms with Crippen LogP contribution in [0.1, 0.15) is 24.2 Å². The minimum absolute atomic E-state index is 0.0602. The van der Waals surface area contributed by atoms with Crippen molar-refractivity contribution >= 4 is 27.3 Å². The molecule has 0 heterocycles. The van der Waals surface area contributed by atoms with E-state index in [0.29, 0.717) is 17.0 Å². The maximum absolute atomic E-state index is 13.1. The number of amides is 1. The topological polar surface area (TPSA) is 66.9 Å². The Morgan fingerprint density at radius 2 is 1.45 bits per heavy atom. The fourth-order valence-corrected chi connectivity index (χ4v) is 4.53. The molecule has 0 radical (unpaired) electrons. The second-order valence-electron chi connectivity index (χ2n) is 7.27. The number of carbonyl (C=O) groups excluding carboxylic acids is 1. The van der Waals surface area contributed by atoms with E-state index in [1.165, 1.54) is 30.6 Å². The molecule has 0 saturated heterocycles. The molecular formula is C24H26N2O4S. The third-order valence-electron chi connectivity index (χ3n) is 4.95. The number of sulfonamides is 1. The lowest BCUT2D eigenvalue weighted by Crippen LogP contribution is -2.37. The van der Waals surface area contributed by atoms with E-state index in [9.17, 15) is 13.2 Å². The first kappa shape index (κ1) is 22.4. The normalized spacial score (nSPS) is 11.3. The summed E-state index contributed by atoms with van der Waals surface area (Å²) in [6, 6.07) is 22.2. The van der Waals surface area contributed by atoms with E-state index in [2.05, 4.69) is 0 Å². The standard InChI is InChI=1S/C24H26N2O4S/c1-18(2)26(20-10-6-5-7-11-20)24(27)19-14-16-21(17-15-19)31(28,29)25(3)22-12-8-9-13-23(22)30-4/h5-18H,1-4H3. The predicted molar refractivity (Wildman–Crippen MR) is 123 cm³/mol. The first-order valence-electron chi connectivity index (χ1n) is 9.88. The highest BCUT2D eigenvalue weighted by molar-refractivity contribution is 7.92. The fraction of sp³-hybridized carbons (Fsp3) is 0.208. The van der Waals surface area contributed by atoms with Crippen molar-refractivity contribution < 1.29 is 17.9 Å². The zero-order valence-corrected chi connectivity index (χ0v) is 18.8. The van der Waals surface area contributed by atoms with Crippen LogP contribution in [0.15, 0.2) is 83.8 Å². The van der Waals surface area contributed by atoms with Gasteiger partial charge in [-0.05, 0) is 62.4 Å². The van der Waals surface area contributed by atoms with Gasteiger partial charge in [0.25, 0.3) is 15.9 Å². The number of nitrogens with zero attached hydrogens (tertiary/aromatic N) is 2. The molecule has 0 bridgehead atoms. The van der Waals surface area contributed by atoms with E-state index < -0.39 is 10.0 Å². The number of hydrogen-bond acceptors (Lipinski definition) is 4. The third kappa shape index (κ3) is 4.56. The summed E-state index contributed by atoms with van der Waals surface area (Å²) >= 11 is 0.